The normalized spacial score (nSPS) is 17.3. The van der Waals surface area contributed by atoms with E-state index in [4.69, 9.17) is 0 Å². The Balaban J connectivity index is 6.32. The summed E-state index contributed by atoms with van der Waals surface area (Å²) in [5, 5.41) is 0. The van der Waals surface area contributed by atoms with Crippen LogP contribution in [-0.4, -0.2) is 64.8 Å². The molecule has 0 aliphatic carbocycles. The lowest BCUT2D eigenvalue weighted by molar-refractivity contribution is -0.461. The molecule has 0 aromatic carbocycles. The van der Waals surface area contributed by atoms with Crippen molar-refractivity contribution >= 4 is 17.7 Å². The lowest BCUT2D eigenvalue weighted by atomic mass is 9.88. The minimum absolute atomic E-state index is 0.516. The first-order valence-corrected chi connectivity index (χ1v) is 9.28. The molecule has 0 saturated heterocycles. The van der Waals surface area contributed by atoms with Gasteiger partial charge in [-0.05, 0) is 0 Å². The van der Waals surface area contributed by atoms with Crippen molar-refractivity contribution in [3.05, 3.63) is 0 Å². The number of carbonyl (C=O) groups excluding carboxylic acids is 1. The second kappa shape index (κ2) is 9.46. The number of hydrogen-bond acceptors (Lipinski definition) is 2. The van der Waals surface area contributed by atoms with E-state index in [1.807, 2.05) is 0 Å². The van der Waals surface area contributed by atoms with E-state index in [-0.39, 0.29) is 0 Å². The minimum Gasteiger partial charge on any atom is -0.369 e. The molecule has 0 rings (SSSR count). The van der Waals surface area contributed by atoms with Crippen molar-refractivity contribution < 1.29 is 83.8 Å². The Kier molecular flexibility index (Phi) is 9.07. The van der Waals surface area contributed by atoms with E-state index in [0.29, 0.717) is 0 Å². The van der Waals surface area contributed by atoms with Gasteiger partial charge in [0.25, 0.3) is 0 Å². The Hall–Kier alpha value is -1.44. The van der Waals surface area contributed by atoms with Crippen LogP contribution in [0.2, 0.25) is 0 Å². The van der Waals surface area contributed by atoms with E-state index in [1.165, 1.54) is 0 Å². The Morgan fingerprint density at radius 3 is 1.29 bits per heavy atom. The first-order valence-electron chi connectivity index (χ1n) is 8.23. The number of alkyl halides is 18. The molecule has 0 radical (unpaired) electrons. The number of rotatable bonds is 12. The molecule has 0 aliphatic rings. The van der Waals surface area contributed by atoms with Gasteiger partial charge in [-0.3, -0.25) is 4.79 Å². The van der Waals surface area contributed by atoms with Crippen molar-refractivity contribution in [2.75, 3.05) is 5.75 Å². The smallest absolute Gasteiger partial charge is 0.369 e. The van der Waals surface area contributed by atoms with Crippen LogP contribution in [0.4, 0.5) is 79.0 Å². The molecule has 0 saturated carbocycles. The summed E-state index contributed by atoms with van der Waals surface area (Å²) < 4.78 is 236. The highest BCUT2D eigenvalue weighted by molar-refractivity contribution is 7.99. The third-order valence-corrected chi connectivity index (χ3v) is 5.44. The second-order valence-corrected chi connectivity index (χ2v) is 8.08. The lowest BCUT2D eigenvalue weighted by Crippen LogP contribution is -2.74. The molecule has 21 heteroatoms. The Morgan fingerprint density at radius 1 is 0.657 bits per heavy atom. The number of hydrogen-bond donors (Lipinski definition) is 1. The maximum absolute atomic E-state index is 13.6. The molecule has 2 N–H and O–H groups in total. The van der Waals surface area contributed by atoms with Crippen LogP contribution >= 0.6 is 11.8 Å². The van der Waals surface area contributed by atoms with Crippen LogP contribution in [0.15, 0.2) is 0 Å². The van der Waals surface area contributed by atoms with Crippen molar-refractivity contribution in [2.24, 2.45) is 11.7 Å². The third-order valence-electron chi connectivity index (χ3n) is 4.22. The molecular weight excluding hydrogens is 572 g/mol. The molecule has 210 valence electrons. The number of halogens is 18. The third kappa shape index (κ3) is 5.33. The van der Waals surface area contributed by atoms with Crippen LogP contribution in [0.5, 0.6) is 0 Å². The fourth-order valence-electron chi connectivity index (χ4n) is 1.92. The lowest BCUT2D eigenvalue weighted by Gasteiger charge is -2.42. The average Bonchev–Trinajstić information content (AvgIpc) is 2.63. The van der Waals surface area contributed by atoms with Crippen molar-refractivity contribution in [1.82, 2.24) is 0 Å². The van der Waals surface area contributed by atoms with Crippen LogP contribution in [-0.2, 0) is 4.79 Å². The van der Waals surface area contributed by atoms with Gasteiger partial charge in [0.05, 0.1) is 6.42 Å². The molecule has 0 aromatic heterocycles. The van der Waals surface area contributed by atoms with Crippen molar-refractivity contribution in [3.63, 3.8) is 0 Å². The van der Waals surface area contributed by atoms with Gasteiger partial charge >= 0.3 is 47.6 Å². The minimum atomic E-state index is -8.73. The van der Waals surface area contributed by atoms with Gasteiger partial charge in [0, 0.05) is 11.7 Å². The standard InChI is InChI=1S/C14H11F18NOS/c1-4(6(33)34)3-35-5(15)2-7(16,17)8(18,19)9(20,21)10(22,23)11(24,25)12(26,27)13(28,29)14(30,31)32/h4-5H,2-3H2,1H3,(H2,33,34). The predicted molar refractivity (Wildman–Crippen MR) is 81.0 cm³/mol. The van der Waals surface area contributed by atoms with Gasteiger partial charge in [-0.1, -0.05) is 6.92 Å². The first-order chi connectivity index (χ1) is 15.0. The first kappa shape index (κ1) is 33.6. The number of carbonyl (C=O) groups is 1. The van der Waals surface area contributed by atoms with Crippen LogP contribution < -0.4 is 5.73 Å². The molecule has 2 atom stereocenters. The van der Waals surface area contributed by atoms with Gasteiger partial charge in [0.2, 0.25) is 5.91 Å². The summed E-state index contributed by atoms with van der Waals surface area (Å²) in [6.07, 6.45) is -11.1. The van der Waals surface area contributed by atoms with Gasteiger partial charge in [-0.25, -0.2) is 4.39 Å². The quantitative estimate of drug-likeness (QED) is 0.266. The number of amides is 1. The van der Waals surface area contributed by atoms with Crippen LogP contribution in [0.25, 0.3) is 0 Å². The molecule has 2 nitrogen and oxygen atoms in total. The monoisotopic (exact) mass is 583 g/mol. The summed E-state index contributed by atoms with van der Waals surface area (Å²) in [5.41, 5.74) is 1.23. The van der Waals surface area contributed by atoms with Crippen molar-refractivity contribution in [2.45, 2.75) is 66.5 Å². The molecule has 0 spiro atoms. The highest BCUT2D eigenvalue weighted by Crippen LogP contribution is 2.64. The Morgan fingerprint density at radius 2 is 0.971 bits per heavy atom. The number of nitrogens with two attached hydrogens (primary N) is 1. The molecule has 0 aliphatic heterocycles. The second-order valence-electron chi connectivity index (χ2n) is 6.90. The van der Waals surface area contributed by atoms with Gasteiger partial charge in [-0.2, -0.15) is 74.6 Å². The fourth-order valence-corrected chi connectivity index (χ4v) is 2.90. The van der Waals surface area contributed by atoms with E-state index in [9.17, 15) is 83.8 Å². The molecule has 1 amide bonds. The molecule has 0 bridgehead atoms. The zero-order chi connectivity index (χ0) is 28.9. The topological polar surface area (TPSA) is 43.1 Å². The summed E-state index contributed by atoms with van der Waals surface area (Å²) in [6.45, 7) is 0.919. The van der Waals surface area contributed by atoms with Gasteiger partial charge in [0.1, 0.15) is 0 Å². The van der Waals surface area contributed by atoms with Crippen molar-refractivity contribution in [1.29, 1.82) is 0 Å². The summed E-state index contributed by atoms with van der Waals surface area (Å²) in [4.78, 5) is 10.7. The zero-order valence-electron chi connectivity index (χ0n) is 16.3. The van der Waals surface area contributed by atoms with Crippen LogP contribution in [0.3, 0.4) is 0 Å². The maximum atomic E-state index is 13.6. The zero-order valence-corrected chi connectivity index (χ0v) is 17.1. The van der Waals surface area contributed by atoms with E-state index in [2.05, 4.69) is 5.73 Å². The molecule has 35 heavy (non-hydrogen) atoms. The molecule has 0 aromatic rings. The van der Waals surface area contributed by atoms with Crippen molar-refractivity contribution in [3.8, 4) is 0 Å². The van der Waals surface area contributed by atoms with E-state index in [0.717, 1.165) is 6.92 Å². The molecular formula is C14H11F18NOS. The summed E-state index contributed by atoms with van der Waals surface area (Å²) in [6, 6.07) is 0. The van der Waals surface area contributed by atoms with Gasteiger partial charge in [0.15, 0.2) is 5.50 Å². The number of thioether (sulfide) groups is 1. The molecule has 0 heterocycles. The largest absolute Gasteiger partial charge is 0.460 e. The molecule has 0 fully saturated rings. The van der Waals surface area contributed by atoms with Gasteiger partial charge in [-0.15, -0.1) is 11.8 Å². The van der Waals surface area contributed by atoms with E-state index >= 15 is 0 Å². The predicted octanol–water partition coefficient (Wildman–Crippen LogP) is 6.54. The number of primary amides is 1. The highest BCUT2D eigenvalue weighted by Gasteiger charge is 2.95. The Bertz CT molecular complexity index is 763. The maximum Gasteiger partial charge on any atom is 0.460 e. The average molecular weight is 583 g/mol. The van der Waals surface area contributed by atoms with E-state index < -0.39 is 88.9 Å². The Labute approximate surface area is 186 Å². The van der Waals surface area contributed by atoms with Crippen LogP contribution in [0.1, 0.15) is 13.3 Å². The summed E-state index contributed by atoms with van der Waals surface area (Å²) >= 11 is -0.516. The van der Waals surface area contributed by atoms with Gasteiger partial charge < -0.3 is 5.73 Å². The van der Waals surface area contributed by atoms with E-state index in [1.54, 1.807) is 0 Å². The van der Waals surface area contributed by atoms with Crippen LogP contribution in [0, 0.1) is 5.92 Å². The highest BCUT2D eigenvalue weighted by atomic mass is 32.2. The fraction of sp³-hybridized carbons (Fsp3) is 0.929. The SMILES string of the molecule is CC(CSC(F)CC(F)(F)C(F)(F)C(F)(F)C(F)(F)C(F)(F)C(F)(F)C(F)(F)C(F)(F)F)C(N)=O. The summed E-state index contributed by atoms with van der Waals surface area (Å²) in [7, 11) is 0. The molecule has 2 unspecified atom stereocenters. The summed E-state index contributed by atoms with van der Waals surface area (Å²) in [5.74, 6) is -61.0.